The van der Waals surface area contributed by atoms with Gasteiger partial charge in [0.25, 0.3) is 0 Å². The van der Waals surface area contributed by atoms with E-state index in [1.54, 1.807) is 0 Å². The van der Waals surface area contributed by atoms with Crippen LogP contribution < -0.4 is 0 Å². The summed E-state index contributed by atoms with van der Waals surface area (Å²) in [6.45, 7) is 2.12. The van der Waals surface area contributed by atoms with Crippen LogP contribution in [0.15, 0.2) is 0 Å². The van der Waals surface area contributed by atoms with Crippen LogP contribution in [0.5, 0.6) is 0 Å². The molecule has 5 atom stereocenters. The lowest BCUT2D eigenvalue weighted by atomic mass is 9.99. The SMILES string of the molecule is CCCCCCCCO[C@H]1[C@@H](O)[C@H](O)[C@@H](CO)O[C@H]1O. The second-order valence-electron chi connectivity index (χ2n) is 5.33. The third-order valence-corrected chi connectivity index (χ3v) is 3.65. The Balaban J connectivity index is 2.22. The summed E-state index contributed by atoms with van der Waals surface area (Å²) in [5.74, 6) is 0. The minimum absolute atomic E-state index is 0.408. The number of hydrogen-bond acceptors (Lipinski definition) is 6. The van der Waals surface area contributed by atoms with Gasteiger partial charge in [0.1, 0.15) is 24.4 Å². The van der Waals surface area contributed by atoms with Crippen molar-refractivity contribution in [3.05, 3.63) is 0 Å². The molecule has 1 aliphatic rings. The molecule has 1 aliphatic heterocycles. The van der Waals surface area contributed by atoms with Gasteiger partial charge in [-0.2, -0.15) is 0 Å². The first-order chi connectivity index (χ1) is 9.61. The van der Waals surface area contributed by atoms with Gasteiger partial charge in [-0.05, 0) is 6.42 Å². The smallest absolute Gasteiger partial charge is 0.184 e. The summed E-state index contributed by atoms with van der Waals surface area (Å²) in [5.41, 5.74) is 0. The molecule has 0 aromatic carbocycles. The first-order valence-electron chi connectivity index (χ1n) is 7.54. The molecule has 4 N–H and O–H groups in total. The van der Waals surface area contributed by atoms with Crippen LogP contribution in [0.1, 0.15) is 45.4 Å². The van der Waals surface area contributed by atoms with E-state index >= 15 is 0 Å². The highest BCUT2D eigenvalue weighted by molar-refractivity contribution is 4.89. The number of rotatable bonds is 9. The fourth-order valence-electron chi connectivity index (χ4n) is 2.35. The summed E-state index contributed by atoms with van der Waals surface area (Å²) in [5, 5.41) is 38.2. The molecular formula is C14H28O6. The molecule has 0 bridgehead atoms. The van der Waals surface area contributed by atoms with Gasteiger partial charge < -0.3 is 29.9 Å². The van der Waals surface area contributed by atoms with Gasteiger partial charge in [-0.1, -0.05) is 39.0 Å². The molecule has 6 heteroatoms. The molecule has 20 heavy (non-hydrogen) atoms. The Bertz CT molecular complexity index is 250. The zero-order chi connectivity index (χ0) is 15.0. The van der Waals surface area contributed by atoms with Gasteiger partial charge in [-0.15, -0.1) is 0 Å². The Morgan fingerprint density at radius 3 is 2.25 bits per heavy atom. The van der Waals surface area contributed by atoms with Gasteiger partial charge in [-0.3, -0.25) is 0 Å². The van der Waals surface area contributed by atoms with Crippen molar-refractivity contribution in [1.82, 2.24) is 0 Å². The average Bonchev–Trinajstić information content (AvgIpc) is 2.45. The Hall–Kier alpha value is -0.240. The molecule has 0 aliphatic carbocycles. The summed E-state index contributed by atoms with van der Waals surface area (Å²) >= 11 is 0. The molecule has 1 rings (SSSR count). The quantitative estimate of drug-likeness (QED) is 0.452. The van der Waals surface area contributed by atoms with E-state index in [9.17, 15) is 15.3 Å². The van der Waals surface area contributed by atoms with E-state index in [4.69, 9.17) is 14.6 Å². The second-order valence-corrected chi connectivity index (χ2v) is 5.33. The van der Waals surface area contributed by atoms with Gasteiger partial charge in [0, 0.05) is 6.61 Å². The lowest BCUT2D eigenvalue weighted by Crippen LogP contribution is -2.59. The molecular weight excluding hydrogens is 264 g/mol. The van der Waals surface area contributed by atoms with E-state index in [-0.39, 0.29) is 0 Å². The zero-order valence-corrected chi connectivity index (χ0v) is 12.1. The van der Waals surface area contributed by atoms with Gasteiger partial charge in [-0.25, -0.2) is 0 Å². The number of ether oxygens (including phenoxy) is 2. The monoisotopic (exact) mass is 292 g/mol. The molecule has 0 amide bonds. The van der Waals surface area contributed by atoms with Crippen LogP contribution in [-0.4, -0.2) is 64.3 Å². The third-order valence-electron chi connectivity index (χ3n) is 3.65. The van der Waals surface area contributed by atoms with Crippen LogP contribution in [0.25, 0.3) is 0 Å². The lowest BCUT2D eigenvalue weighted by Gasteiger charge is -2.39. The van der Waals surface area contributed by atoms with E-state index in [1.807, 2.05) is 0 Å². The maximum absolute atomic E-state index is 9.86. The van der Waals surface area contributed by atoms with E-state index in [2.05, 4.69) is 6.92 Å². The molecule has 0 aromatic heterocycles. The van der Waals surface area contributed by atoms with Crippen molar-refractivity contribution in [2.24, 2.45) is 0 Å². The van der Waals surface area contributed by atoms with Crippen molar-refractivity contribution in [2.45, 2.75) is 76.2 Å². The van der Waals surface area contributed by atoms with Gasteiger partial charge >= 0.3 is 0 Å². The van der Waals surface area contributed by atoms with Crippen LogP contribution >= 0.6 is 0 Å². The molecule has 0 saturated carbocycles. The fourth-order valence-corrected chi connectivity index (χ4v) is 2.35. The Kier molecular flexibility index (Phi) is 8.60. The van der Waals surface area contributed by atoms with E-state index < -0.39 is 37.3 Å². The van der Waals surface area contributed by atoms with Gasteiger partial charge in [0.05, 0.1) is 6.61 Å². The normalized spacial score (nSPS) is 34.4. The molecule has 0 spiro atoms. The van der Waals surface area contributed by atoms with E-state index in [0.29, 0.717) is 6.61 Å². The maximum Gasteiger partial charge on any atom is 0.184 e. The van der Waals surface area contributed by atoms with Gasteiger partial charge in [0.15, 0.2) is 6.29 Å². The topological polar surface area (TPSA) is 99.4 Å². The molecule has 1 saturated heterocycles. The number of unbranched alkanes of at least 4 members (excludes halogenated alkanes) is 5. The van der Waals surface area contributed by atoms with Crippen molar-refractivity contribution in [3.8, 4) is 0 Å². The Morgan fingerprint density at radius 2 is 1.60 bits per heavy atom. The lowest BCUT2D eigenvalue weighted by molar-refractivity contribution is -0.296. The fraction of sp³-hybridized carbons (Fsp3) is 1.00. The number of aliphatic hydroxyl groups excluding tert-OH is 4. The minimum atomic E-state index is -1.33. The van der Waals surface area contributed by atoms with Crippen LogP contribution in [0.4, 0.5) is 0 Å². The van der Waals surface area contributed by atoms with Crippen molar-refractivity contribution in [1.29, 1.82) is 0 Å². The molecule has 1 heterocycles. The average molecular weight is 292 g/mol. The molecule has 6 nitrogen and oxygen atoms in total. The molecule has 0 aromatic rings. The van der Waals surface area contributed by atoms with Crippen molar-refractivity contribution in [3.63, 3.8) is 0 Å². The van der Waals surface area contributed by atoms with Crippen LogP contribution in [0.3, 0.4) is 0 Å². The van der Waals surface area contributed by atoms with E-state index in [1.165, 1.54) is 19.3 Å². The maximum atomic E-state index is 9.86. The van der Waals surface area contributed by atoms with Gasteiger partial charge in [0.2, 0.25) is 0 Å². The Labute approximate surface area is 120 Å². The first-order valence-corrected chi connectivity index (χ1v) is 7.54. The highest BCUT2D eigenvalue weighted by Crippen LogP contribution is 2.22. The molecule has 0 unspecified atom stereocenters. The second kappa shape index (κ2) is 9.65. The first kappa shape index (κ1) is 17.8. The standard InChI is InChI=1S/C14H28O6/c1-2-3-4-5-6-7-8-19-13-12(17)11(16)10(9-15)20-14(13)18/h10-18H,2-9H2,1H3/t10-,11-,12+,13+,14-/m1/s1. The summed E-state index contributed by atoms with van der Waals surface area (Å²) < 4.78 is 10.4. The summed E-state index contributed by atoms with van der Waals surface area (Å²) in [7, 11) is 0. The predicted octanol–water partition coefficient (Wildman–Crippen LogP) is 0.163. The summed E-state index contributed by atoms with van der Waals surface area (Å²) in [6, 6.07) is 0. The largest absolute Gasteiger partial charge is 0.394 e. The van der Waals surface area contributed by atoms with Crippen molar-refractivity contribution in [2.75, 3.05) is 13.2 Å². The molecule has 1 fully saturated rings. The summed E-state index contributed by atoms with van der Waals surface area (Å²) in [4.78, 5) is 0. The zero-order valence-electron chi connectivity index (χ0n) is 12.1. The van der Waals surface area contributed by atoms with Crippen LogP contribution in [-0.2, 0) is 9.47 Å². The highest BCUT2D eigenvalue weighted by atomic mass is 16.7. The Morgan fingerprint density at radius 1 is 0.950 bits per heavy atom. The van der Waals surface area contributed by atoms with Crippen molar-refractivity contribution < 1.29 is 29.9 Å². The van der Waals surface area contributed by atoms with Crippen molar-refractivity contribution >= 4 is 0 Å². The summed E-state index contributed by atoms with van der Waals surface area (Å²) in [6.07, 6.45) is 0.920. The van der Waals surface area contributed by atoms with Crippen LogP contribution in [0.2, 0.25) is 0 Å². The number of hydrogen-bond donors (Lipinski definition) is 4. The highest BCUT2D eigenvalue weighted by Gasteiger charge is 2.44. The molecule has 0 radical (unpaired) electrons. The minimum Gasteiger partial charge on any atom is -0.394 e. The van der Waals surface area contributed by atoms with E-state index in [0.717, 1.165) is 19.3 Å². The molecule has 120 valence electrons. The van der Waals surface area contributed by atoms with Crippen LogP contribution in [0, 0.1) is 0 Å². The third kappa shape index (κ3) is 5.27. The number of aliphatic hydroxyl groups is 4. The predicted molar refractivity (Wildman–Crippen MR) is 73.1 cm³/mol.